The van der Waals surface area contributed by atoms with Gasteiger partial charge in [-0.2, -0.15) is 0 Å². The Bertz CT molecular complexity index is 1080. The second-order valence-electron chi connectivity index (χ2n) is 7.03. The molecule has 0 saturated carbocycles. The quantitative estimate of drug-likeness (QED) is 0.724. The van der Waals surface area contributed by atoms with Crippen LogP contribution in [0.1, 0.15) is 11.1 Å². The Labute approximate surface area is 156 Å². The first-order valence-corrected chi connectivity index (χ1v) is 8.92. The molecule has 0 radical (unpaired) electrons. The maximum atomic E-state index is 14.5. The van der Waals surface area contributed by atoms with Gasteiger partial charge in [0, 0.05) is 24.8 Å². The molecule has 0 fully saturated rings. The van der Waals surface area contributed by atoms with Crippen molar-refractivity contribution in [1.82, 2.24) is 5.43 Å². The highest BCUT2D eigenvalue weighted by Crippen LogP contribution is 2.34. The summed E-state index contributed by atoms with van der Waals surface area (Å²) in [6, 6.07) is 17.5. The van der Waals surface area contributed by atoms with E-state index in [1.807, 2.05) is 36.3 Å². The average molecular weight is 359 g/mol. The molecule has 0 saturated heterocycles. The van der Waals surface area contributed by atoms with Gasteiger partial charge < -0.3 is 10.3 Å². The number of halogens is 1. The SMILES string of the molecule is CN1NCc2cc(-c3ccc(-c4cc5c(cc4F)NC(=O)C5)cc3)ccc21. The molecule has 0 atom stereocenters. The van der Waals surface area contributed by atoms with E-state index in [0.29, 0.717) is 17.7 Å². The van der Waals surface area contributed by atoms with Gasteiger partial charge in [-0.05, 0) is 52.1 Å². The van der Waals surface area contributed by atoms with E-state index in [9.17, 15) is 9.18 Å². The molecule has 0 unspecified atom stereocenters. The highest BCUT2D eigenvalue weighted by Gasteiger charge is 2.21. The van der Waals surface area contributed by atoms with Crippen molar-refractivity contribution in [1.29, 1.82) is 0 Å². The molecule has 0 bridgehead atoms. The molecule has 0 aliphatic carbocycles. The van der Waals surface area contributed by atoms with Crippen LogP contribution in [0, 0.1) is 5.82 Å². The third-order valence-corrected chi connectivity index (χ3v) is 5.29. The third kappa shape index (κ3) is 2.67. The number of nitrogens with one attached hydrogen (secondary N) is 2. The first-order valence-electron chi connectivity index (χ1n) is 8.92. The van der Waals surface area contributed by atoms with Crippen molar-refractivity contribution in [2.45, 2.75) is 13.0 Å². The highest BCUT2D eigenvalue weighted by atomic mass is 19.1. The van der Waals surface area contributed by atoms with Crippen LogP contribution < -0.4 is 15.8 Å². The largest absolute Gasteiger partial charge is 0.325 e. The van der Waals surface area contributed by atoms with Gasteiger partial charge in [0.1, 0.15) is 5.82 Å². The van der Waals surface area contributed by atoms with Crippen LogP contribution in [-0.2, 0) is 17.8 Å². The average Bonchev–Trinajstić information content (AvgIpc) is 3.22. The Hall–Kier alpha value is -3.18. The van der Waals surface area contributed by atoms with E-state index in [1.54, 1.807) is 6.07 Å². The van der Waals surface area contributed by atoms with Crippen LogP contribution in [0.3, 0.4) is 0 Å². The van der Waals surface area contributed by atoms with Gasteiger partial charge in [-0.3, -0.25) is 4.79 Å². The van der Waals surface area contributed by atoms with Crippen LogP contribution in [0.15, 0.2) is 54.6 Å². The summed E-state index contributed by atoms with van der Waals surface area (Å²) in [6.07, 6.45) is 0.304. The number of fused-ring (bicyclic) bond motifs is 2. The molecule has 0 spiro atoms. The second kappa shape index (κ2) is 5.93. The first kappa shape index (κ1) is 16.0. The second-order valence-corrected chi connectivity index (χ2v) is 7.03. The van der Waals surface area contributed by atoms with Crippen molar-refractivity contribution in [3.8, 4) is 22.3 Å². The van der Waals surface area contributed by atoms with E-state index in [-0.39, 0.29) is 11.7 Å². The van der Waals surface area contributed by atoms with Gasteiger partial charge >= 0.3 is 0 Å². The summed E-state index contributed by atoms with van der Waals surface area (Å²) in [6.45, 7) is 0.824. The number of hydrazine groups is 1. The smallest absolute Gasteiger partial charge is 0.228 e. The van der Waals surface area contributed by atoms with E-state index >= 15 is 0 Å². The topological polar surface area (TPSA) is 44.4 Å². The molecule has 5 heteroatoms. The molecular weight excluding hydrogens is 341 g/mol. The van der Waals surface area contributed by atoms with Crippen LogP contribution >= 0.6 is 0 Å². The summed E-state index contributed by atoms with van der Waals surface area (Å²) < 4.78 is 14.5. The summed E-state index contributed by atoms with van der Waals surface area (Å²) in [5.41, 5.74) is 10.7. The number of amides is 1. The Kier molecular flexibility index (Phi) is 3.52. The number of hydrogen-bond acceptors (Lipinski definition) is 3. The normalized spacial score (nSPS) is 14.9. The van der Waals surface area contributed by atoms with Crippen LogP contribution in [-0.4, -0.2) is 13.0 Å². The molecule has 2 aliphatic heterocycles. The van der Waals surface area contributed by atoms with Gasteiger partial charge in [0.2, 0.25) is 5.91 Å². The van der Waals surface area contributed by atoms with E-state index in [0.717, 1.165) is 28.8 Å². The molecule has 5 rings (SSSR count). The van der Waals surface area contributed by atoms with Crippen LogP contribution in [0.25, 0.3) is 22.3 Å². The van der Waals surface area contributed by atoms with Crippen molar-refractivity contribution in [3.63, 3.8) is 0 Å². The molecule has 3 aromatic carbocycles. The molecule has 27 heavy (non-hydrogen) atoms. The van der Waals surface area contributed by atoms with Gasteiger partial charge in [0.05, 0.1) is 12.1 Å². The summed E-state index contributed by atoms with van der Waals surface area (Å²) in [5.74, 6) is -0.413. The Morgan fingerprint density at radius 3 is 2.48 bits per heavy atom. The molecule has 2 heterocycles. The molecule has 3 aromatic rings. The molecule has 1 amide bonds. The van der Waals surface area contributed by atoms with Crippen molar-refractivity contribution < 1.29 is 9.18 Å². The van der Waals surface area contributed by atoms with Gasteiger partial charge in [0.15, 0.2) is 0 Å². The Balaban J connectivity index is 1.48. The zero-order valence-corrected chi connectivity index (χ0v) is 14.8. The van der Waals surface area contributed by atoms with E-state index in [2.05, 4.69) is 28.9 Å². The standard InChI is InChI=1S/C22H18FN3O/c1-26-21-7-6-15(8-17(21)12-24-26)13-2-4-14(5-3-13)18-9-16-10-22(27)25-20(16)11-19(18)23/h2-9,11,24H,10,12H2,1H3,(H,25,27). The monoisotopic (exact) mass is 359 g/mol. The zero-order chi connectivity index (χ0) is 18.5. The fraction of sp³-hybridized carbons (Fsp3) is 0.136. The third-order valence-electron chi connectivity index (χ3n) is 5.29. The number of carbonyl (C=O) groups excluding carboxylic acids is 1. The fourth-order valence-electron chi connectivity index (χ4n) is 3.83. The summed E-state index contributed by atoms with van der Waals surface area (Å²) in [7, 11) is 2.01. The molecule has 2 aliphatic rings. The lowest BCUT2D eigenvalue weighted by molar-refractivity contribution is -0.115. The molecule has 2 N–H and O–H groups in total. The van der Waals surface area contributed by atoms with Crippen LogP contribution in [0.2, 0.25) is 0 Å². The molecular formula is C22H18FN3O. The molecule has 134 valence electrons. The van der Waals surface area contributed by atoms with E-state index < -0.39 is 0 Å². The number of nitrogens with zero attached hydrogens (tertiary/aromatic N) is 1. The van der Waals surface area contributed by atoms with Crippen molar-refractivity contribution in [3.05, 3.63) is 71.5 Å². The summed E-state index contributed by atoms with van der Waals surface area (Å²) in [5, 5.41) is 4.71. The van der Waals surface area contributed by atoms with Crippen molar-refractivity contribution in [2.24, 2.45) is 0 Å². The lowest BCUT2D eigenvalue weighted by atomic mass is 9.97. The van der Waals surface area contributed by atoms with Crippen LogP contribution in [0.4, 0.5) is 15.8 Å². The minimum Gasteiger partial charge on any atom is -0.325 e. The van der Waals surface area contributed by atoms with Gasteiger partial charge in [0.25, 0.3) is 0 Å². The summed E-state index contributed by atoms with van der Waals surface area (Å²) >= 11 is 0. The number of hydrogen-bond donors (Lipinski definition) is 2. The zero-order valence-electron chi connectivity index (χ0n) is 14.8. The highest BCUT2D eigenvalue weighted by molar-refractivity contribution is 5.99. The molecule has 4 nitrogen and oxygen atoms in total. The van der Waals surface area contributed by atoms with Crippen LogP contribution in [0.5, 0.6) is 0 Å². The summed E-state index contributed by atoms with van der Waals surface area (Å²) in [4.78, 5) is 11.5. The van der Waals surface area contributed by atoms with E-state index in [1.165, 1.54) is 17.3 Å². The minimum absolute atomic E-state index is 0.0892. The Morgan fingerprint density at radius 2 is 1.67 bits per heavy atom. The molecule has 0 aromatic heterocycles. The number of benzene rings is 3. The fourth-order valence-corrected chi connectivity index (χ4v) is 3.83. The van der Waals surface area contributed by atoms with Gasteiger partial charge in [-0.15, -0.1) is 0 Å². The number of rotatable bonds is 2. The van der Waals surface area contributed by atoms with Crippen molar-refractivity contribution >= 4 is 17.3 Å². The maximum Gasteiger partial charge on any atom is 0.228 e. The lowest BCUT2D eigenvalue weighted by Gasteiger charge is -2.12. The first-order chi connectivity index (χ1) is 13.1. The van der Waals surface area contributed by atoms with E-state index in [4.69, 9.17) is 0 Å². The van der Waals surface area contributed by atoms with Crippen molar-refractivity contribution in [2.75, 3.05) is 17.4 Å². The number of carbonyl (C=O) groups is 1. The Morgan fingerprint density at radius 1 is 0.926 bits per heavy atom. The number of anilines is 2. The maximum absolute atomic E-state index is 14.5. The lowest BCUT2D eigenvalue weighted by Crippen LogP contribution is -2.26. The van der Waals surface area contributed by atoms with Gasteiger partial charge in [-0.1, -0.05) is 30.3 Å². The van der Waals surface area contributed by atoms with Gasteiger partial charge in [-0.25, -0.2) is 9.82 Å². The minimum atomic E-state index is -0.324. The predicted molar refractivity (Wildman–Crippen MR) is 105 cm³/mol. The predicted octanol–water partition coefficient (Wildman–Crippen LogP) is 4.11.